The van der Waals surface area contributed by atoms with E-state index in [9.17, 15) is 5.11 Å². The minimum absolute atomic E-state index is 0. The Hall–Kier alpha value is -2.15. The normalized spacial score (nSPS) is 19.3. The molecule has 0 saturated carbocycles. The van der Waals surface area contributed by atoms with E-state index in [1.165, 1.54) is 23.3 Å². The molecule has 7 heteroatoms. The molecule has 0 radical (unpaired) electrons. The zero-order chi connectivity index (χ0) is 20.6. The molecule has 2 aromatic carbocycles. The number of benzene rings is 2. The molecule has 2 aromatic rings. The summed E-state index contributed by atoms with van der Waals surface area (Å²) >= 11 is 0. The molecule has 30 heavy (non-hydrogen) atoms. The van der Waals surface area contributed by atoms with Gasteiger partial charge in [-0.2, -0.15) is 0 Å². The second kappa shape index (κ2) is 11.9. The molecule has 0 amide bonds. The molecule has 1 aliphatic rings. The zero-order valence-electron chi connectivity index (χ0n) is 17.9. The lowest BCUT2D eigenvalue weighted by atomic mass is 9.95. The maximum atomic E-state index is 10.6. The van der Waals surface area contributed by atoms with E-state index in [0.717, 1.165) is 13.0 Å². The van der Waals surface area contributed by atoms with Crippen LogP contribution in [-0.4, -0.2) is 52.2 Å². The van der Waals surface area contributed by atoms with Crippen molar-refractivity contribution >= 4 is 0 Å². The van der Waals surface area contributed by atoms with Gasteiger partial charge in [0.25, 0.3) is 0 Å². The number of halogens is 1. The van der Waals surface area contributed by atoms with E-state index in [-0.39, 0.29) is 19.0 Å². The van der Waals surface area contributed by atoms with Gasteiger partial charge in [0.2, 0.25) is 5.75 Å². The van der Waals surface area contributed by atoms with Crippen molar-refractivity contribution in [3.05, 3.63) is 48.0 Å². The van der Waals surface area contributed by atoms with Crippen LogP contribution in [0.3, 0.4) is 0 Å². The van der Waals surface area contributed by atoms with Crippen LogP contribution < -0.4 is 36.3 Å². The van der Waals surface area contributed by atoms with Crippen molar-refractivity contribution in [2.45, 2.75) is 31.4 Å². The fourth-order valence-corrected chi connectivity index (χ4v) is 4.11. The summed E-state index contributed by atoms with van der Waals surface area (Å²) in [4.78, 5) is 1.42. The minimum Gasteiger partial charge on any atom is -1.00 e. The summed E-state index contributed by atoms with van der Waals surface area (Å²) in [6.45, 7) is 1.94. The van der Waals surface area contributed by atoms with Crippen LogP contribution in [0.15, 0.2) is 42.5 Å². The summed E-state index contributed by atoms with van der Waals surface area (Å²) in [5.41, 5.74) is 1.35. The monoisotopic (exact) mass is 437 g/mol. The van der Waals surface area contributed by atoms with Crippen LogP contribution in [-0.2, 0) is 0 Å². The average Bonchev–Trinajstić information content (AvgIpc) is 2.77. The van der Waals surface area contributed by atoms with Gasteiger partial charge in [-0.25, -0.2) is 0 Å². The van der Waals surface area contributed by atoms with E-state index in [1.54, 1.807) is 33.5 Å². The van der Waals surface area contributed by atoms with Crippen LogP contribution >= 0.6 is 0 Å². The molecule has 1 fully saturated rings. The predicted octanol–water partition coefficient (Wildman–Crippen LogP) is -0.734. The first-order valence-electron chi connectivity index (χ1n) is 10.2. The Morgan fingerprint density at radius 1 is 1.00 bits per heavy atom. The van der Waals surface area contributed by atoms with E-state index in [1.807, 2.05) is 6.07 Å². The highest BCUT2D eigenvalue weighted by atomic mass is 35.5. The van der Waals surface area contributed by atoms with Gasteiger partial charge in [0.1, 0.15) is 31.0 Å². The first kappa shape index (κ1) is 24.1. The molecule has 3 rings (SSSR count). The molecule has 2 N–H and O–H groups in total. The third kappa shape index (κ3) is 5.94. The molecule has 0 spiro atoms. The van der Waals surface area contributed by atoms with Crippen LogP contribution in [0, 0.1) is 0 Å². The summed E-state index contributed by atoms with van der Waals surface area (Å²) in [5, 5.41) is 10.6. The molecule has 1 saturated heterocycles. The molecular formula is C23H32ClNO5. The van der Waals surface area contributed by atoms with Crippen molar-refractivity contribution in [2.24, 2.45) is 0 Å². The Kier molecular flexibility index (Phi) is 9.56. The number of likely N-dealkylation sites (tertiary alicyclic amines) is 1. The molecule has 0 bridgehead atoms. The first-order chi connectivity index (χ1) is 14.2. The number of piperidine rings is 1. The number of quaternary nitrogens is 1. The fourth-order valence-electron chi connectivity index (χ4n) is 4.11. The van der Waals surface area contributed by atoms with Gasteiger partial charge in [0, 0.05) is 24.1 Å². The van der Waals surface area contributed by atoms with E-state index in [4.69, 9.17) is 18.9 Å². The van der Waals surface area contributed by atoms with Crippen molar-refractivity contribution in [3.8, 4) is 23.0 Å². The predicted molar refractivity (Wildman–Crippen MR) is 111 cm³/mol. The van der Waals surface area contributed by atoms with Gasteiger partial charge in [-0.1, -0.05) is 30.3 Å². The van der Waals surface area contributed by atoms with Gasteiger partial charge in [0.15, 0.2) is 11.5 Å². The number of nitrogens with one attached hydrogen (secondary N) is 1. The van der Waals surface area contributed by atoms with Crippen molar-refractivity contribution in [1.82, 2.24) is 0 Å². The van der Waals surface area contributed by atoms with E-state index in [0.29, 0.717) is 35.6 Å². The fraction of sp³-hybridized carbons (Fsp3) is 0.478. The van der Waals surface area contributed by atoms with Gasteiger partial charge in [-0.15, -0.1) is 0 Å². The topological polar surface area (TPSA) is 61.6 Å². The number of hydrogen-bond donors (Lipinski definition) is 2. The van der Waals surface area contributed by atoms with Gasteiger partial charge in [-0.3, -0.25) is 0 Å². The highest BCUT2D eigenvalue weighted by Crippen LogP contribution is 2.40. The summed E-state index contributed by atoms with van der Waals surface area (Å²) in [5.74, 6) is 2.16. The Bertz CT molecular complexity index is 748. The molecule has 6 nitrogen and oxygen atoms in total. The maximum absolute atomic E-state index is 10.6. The number of aliphatic hydroxyl groups excluding tert-OH is 1. The molecular weight excluding hydrogens is 406 g/mol. The molecule has 0 aromatic heterocycles. The highest BCUT2D eigenvalue weighted by Gasteiger charge is 2.29. The summed E-state index contributed by atoms with van der Waals surface area (Å²) in [7, 11) is 4.70. The third-order valence-electron chi connectivity index (χ3n) is 5.51. The second-order valence-electron chi connectivity index (χ2n) is 7.40. The smallest absolute Gasteiger partial charge is 0.203 e. The van der Waals surface area contributed by atoms with Crippen molar-refractivity contribution in [2.75, 3.05) is 41.0 Å². The summed E-state index contributed by atoms with van der Waals surface area (Å²) in [6.07, 6.45) is 3.02. The van der Waals surface area contributed by atoms with Crippen LogP contribution in [0.4, 0.5) is 0 Å². The first-order valence-corrected chi connectivity index (χ1v) is 10.2. The Morgan fingerprint density at radius 2 is 1.67 bits per heavy atom. The van der Waals surface area contributed by atoms with Crippen LogP contribution in [0.25, 0.3) is 0 Å². The summed E-state index contributed by atoms with van der Waals surface area (Å²) in [6, 6.07) is 14.5. The minimum atomic E-state index is -0.562. The lowest BCUT2D eigenvalue weighted by Crippen LogP contribution is -3.14. The number of rotatable bonds is 9. The van der Waals surface area contributed by atoms with Crippen molar-refractivity contribution in [1.29, 1.82) is 0 Å². The Labute approximate surface area is 185 Å². The SMILES string of the molecule is COc1cc(OCC(O)C[NH+]2CCCCC2c2ccccc2)cc(OC)c1OC.[Cl-]. The molecule has 0 aliphatic carbocycles. The lowest BCUT2D eigenvalue weighted by Gasteiger charge is -2.34. The van der Waals surface area contributed by atoms with Gasteiger partial charge in [0.05, 0.1) is 27.9 Å². The number of methoxy groups -OCH3 is 3. The van der Waals surface area contributed by atoms with Gasteiger partial charge < -0.3 is 41.4 Å². The van der Waals surface area contributed by atoms with E-state index >= 15 is 0 Å². The average molecular weight is 438 g/mol. The number of hydrogen-bond acceptors (Lipinski definition) is 5. The Morgan fingerprint density at radius 3 is 2.27 bits per heavy atom. The van der Waals surface area contributed by atoms with Crippen molar-refractivity contribution in [3.63, 3.8) is 0 Å². The molecule has 3 unspecified atom stereocenters. The van der Waals surface area contributed by atoms with Crippen LogP contribution in [0.1, 0.15) is 30.9 Å². The van der Waals surface area contributed by atoms with Crippen molar-refractivity contribution < 1.29 is 41.4 Å². The molecule has 1 aliphatic heterocycles. The molecule has 3 atom stereocenters. The van der Waals surface area contributed by atoms with Crippen LogP contribution in [0.2, 0.25) is 0 Å². The van der Waals surface area contributed by atoms with Crippen LogP contribution in [0.5, 0.6) is 23.0 Å². The van der Waals surface area contributed by atoms with Gasteiger partial charge >= 0.3 is 0 Å². The largest absolute Gasteiger partial charge is 1.00 e. The standard InChI is InChI=1S/C23H31NO5.ClH/c1-26-21-13-19(14-22(27-2)23(21)28-3)29-16-18(25)15-24-12-8-7-11-20(24)17-9-5-4-6-10-17;/h4-6,9-10,13-14,18,20,25H,7-8,11-12,15-16H2,1-3H3;1H. The van der Waals surface area contributed by atoms with E-state index in [2.05, 4.69) is 24.3 Å². The zero-order valence-corrected chi connectivity index (χ0v) is 18.7. The highest BCUT2D eigenvalue weighted by molar-refractivity contribution is 5.55. The third-order valence-corrected chi connectivity index (χ3v) is 5.51. The molecule has 1 heterocycles. The summed E-state index contributed by atoms with van der Waals surface area (Å²) < 4.78 is 21.9. The quantitative estimate of drug-likeness (QED) is 0.541. The number of ether oxygens (including phenoxy) is 4. The van der Waals surface area contributed by atoms with E-state index < -0.39 is 6.10 Å². The Balaban J connectivity index is 0.00000320. The lowest BCUT2D eigenvalue weighted by molar-refractivity contribution is -0.939. The maximum Gasteiger partial charge on any atom is 0.203 e. The number of aliphatic hydroxyl groups is 1. The molecule has 166 valence electrons. The van der Waals surface area contributed by atoms with Gasteiger partial charge in [-0.05, 0) is 12.8 Å². The second-order valence-corrected chi connectivity index (χ2v) is 7.40.